The van der Waals surface area contributed by atoms with Crippen molar-refractivity contribution in [3.8, 4) is 0 Å². The Kier molecular flexibility index (Phi) is 3.31. The molecule has 1 nitrogen and oxygen atoms in total. The van der Waals surface area contributed by atoms with Crippen molar-refractivity contribution < 1.29 is 13.2 Å². The van der Waals surface area contributed by atoms with Gasteiger partial charge in [0, 0.05) is 10.6 Å². The van der Waals surface area contributed by atoms with Gasteiger partial charge in [0.2, 0.25) is 0 Å². The van der Waals surface area contributed by atoms with E-state index in [1.165, 1.54) is 18.2 Å². The predicted octanol–water partition coefficient (Wildman–Crippen LogP) is 3.40. The van der Waals surface area contributed by atoms with Crippen LogP contribution in [0, 0.1) is 0 Å². The van der Waals surface area contributed by atoms with Gasteiger partial charge >= 0.3 is 6.18 Å². The second-order valence-electron chi connectivity index (χ2n) is 2.65. The van der Waals surface area contributed by atoms with Gasteiger partial charge in [-0.15, -0.1) is 11.8 Å². The van der Waals surface area contributed by atoms with Crippen molar-refractivity contribution in [2.75, 3.05) is 11.5 Å². The zero-order valence-electron chi connectivity index (χ0n) is 7.56. The van der Waals surface area contributed by atoms with Gasteiger partial charge in [-0.2, -0.15) is 13.2 Å². The maximum absolute atomic E-state index is 12.5. The Balaban J connectivity index is 3.22. The Hall–Kier alpha value is -0.840. The van der Waals surface area contributed by atoms with Crippen LogP contribution in [0.1, 0.15) is 12.5 Å². The third kappa shape index (κ3) is 2.35. The molecule has 0 bridgehead atoms. The summed E-state index contributed by atoms with van der Waals surface area (Å²) in [5.41, 5.74) is 4.38. The summed E-state index contributed by atoms with van der Waals surface area (Å²) >= 11 is 1.14. The highest BCUT2D eigenvalue weighted by atomic mass is 32.2. The van der Waals surface area contributed by atoms with Crippen LogP contribution in [0.4, 0.5) is 18.9 Å². The van der Waals surface area contributed by atoms with Crippen molar-refractivity contribution in [1.82, 2.24) is 0 Å². The first-order chi connectivity index (χ1) is 6.46. The fourth-order valence-corrected chi connectivity index (χ4v) is 1.99. The van der Waals surface area contributed by atoms with E-state index in [1.54, 1.807) is 6.92 Å². The number of anilines is 1. The standard InChI is InChI=1S/C9H10F3NS/c1-2-14-7-5-3-4-6(13)8(7)9(10,11)12/h3-5H,2,13H2,1H3. The van der Waals surface area contributed by atoms with Crippen LogP contribution in [0.5, 0.6) is 0 Å². The smallest absolute Gasteiger partial charge is 0.398 e. The summed E-state index contributed by atoms with van der Waals surface area (Å²) in [6.07, 6.45) is -4.37. The molecule has 0 heterocycles. The lowest BCUT2D eigenvalue weighted by Crippen LogP contribution is -2.10. The second kappa shape index (κ2) is 4.13. The molecule has 0 spiro atoms. The van der Waals surface area contributed by atoms with Gasteiger partial charge in [0.25, 0.3) is 0 Å². The summed E-state index contributed by atoms with van der Waals surface area (Å²) in [6, 6.07) is 4.23. The van der Waals surface area contributed by atoms with Crippen molar-refractivity contribution >= 4 is 17.4 Å². The Morgan fingerprint density at radius 1 is 1.36 bits per heavy atom. The minimum absolute atomic E-state index is 0.194. The summed E-state index contributed by atoms with van der Waals surface area (Å²) in [7, 11) is 0. The lowest BCUT2D eigenvalue weighted by Gasteiger charge is -2.13. The average molecular weight is 221 g/mol. The van der Waals surface area contributed by atoms with Crippen molar-refractivity contribution in [2.24, 2.45) is 0 Å². The molecule has 78 valence electrons. The van der Waals surface area contributed by atoms with Crippen molar-refractivity contribution in [1.29, 1.82) is 0 Å². The average Bonchev–Trinajstić information content (AvgIpc) is 2.02. The molecule has 1 aromatic rings. The summed E-state index contributed by atoms with van der Waals surface area (Å²) in [5, 5.41) is 0. The monoisotopic (exact) mass is 221 g/mol. The Morgan fingerprint density at radius 3 is 2.50 bits per heavy atom. The number of nitrogens with two attached hydrogens (primary N) is 1. The number of thioether (sulfide) groups is 1. The zero-order chi connectivity index (χ0) is 10.8. The highest BCUT2D eigenvalue weighted by molar-refractivity contribution is 7.99. The Morgan fingerprint density at radius 2 is 2.00 bits per heavy atom. The van der Waals surface area contributed by atoms with Gasteiger partial charge in [0.05, 0.1) is 5.56 Å². The number of halogens is 3. The molecule has 0 aliphatic rings. The van der Waals surface area contributed by atoms with Crippen molar-refractivity contribution in [3.63, 3.8) is 0 Å². The van der Waals surface area contributed by atoms with Gasteiger partial charge in [-0.25, -0.2) is 0 Å². The number of benzene rings is 1. The maximum atomic E-state index is 12.5. The zero-order valence-corrected chi connectivity index (χ0v) is 8.38. The molecule has 5 heteroatoms. The highest BCUT2D eigenvalue weighted by Crippen LogP contribution is 2.39. The van der Waals surface area contributed by atoms with Crippen LogP contribution in [-0.2, 0) is 6.18 Å². The number of nitrogen functional groups attached to an aromatic ring is 1. The molecule has 0 aromatic heterocycles. The van der Waals surface area contributed by atoms with E-state index in [0.717, 1.165) is 11.8 Å². The Bertz CT molecular complexity index is 322. The molecule has 0 unspecified atom stereocenters. The third-order valence-electron chi connectivity index (χ3n) is 1.64. The van der Waals surface area contributed by atoms with E-state index in [0.29, 0.717) is 5.75 Å². The van der Waals surface area contributed by atoms with Gasteiger partial charge in [-0.05, 0) is 17.9 Å². The van der Waals surface area contributed by atoms with Crippen LogP contribution in [0.25, 0.3) is 0 Å². The number of rotatable bonds is 2. The van der Waals surface area contributed by atoms with E-state index in [2.05, 4.69) is 0 Å². The molecule has 0 amide bonds. The molecule has 0 fully saturated rings. The molecule has 0 saturated carbocycles. The SMILES string of the molecule is CCSc1cccc(N)c1C(F)(F)F. The minimum atomic E-state index is -4.37. The molecule has 0 aliphatic heterocycles. The van der Waals surface area contributed by atoms with Gasteiger partial charge in [0.15, 0.2) is 0 Å². The van der Waals surface area contributed by atoms with Crippen LogP contribution in [0.15, 0.2) is 23.1 Å². The normalized spacial score (nSPS) is 11.7. The molecule has 0 aliphatic carbocycles. The first-order valence-electron chi connectivity index (χ1n) is 4.05. The molecule has 0 atom stereocenters. The Labute approximate surface area is 84.5 Å². The molecule has 0 radical (unpaired) electrons. The molecule has 1 rings (SSSR count). The fourth-order valence-electron chi connectivity index (χ4n) is 1.13. The lowest BCUT2D eigenvalue weighted by molar-refractivity contribution is -0.139. The van der Waals surface area contributed by atoms with E-state index >= 15 is 0 Å². The summed E-state index contributed by atoms with van der Waals surface area (Å²) in [5.74, 6) is 0.590. The minimum Gasteiger partial charge on any atom is -0.398 e. The van der Waals surface area contributed by atoms with Crippen LogP contribution in [0.3, 0.4) is 0 Å². The highest BCUT2D eigenvalue weighted by Gasteiger charge is 2.35. The van der Waals surface area contributed by atoms with E-state index in [1.807, 2.05) is 0 Å². The van der Waals surface area contributed by atoms with Gasteiger partial charge in [-0.1, -0.05) is 13.0 Å². The third-order valence-corrected chi connectivity index (χ3v) is 2.58. The van der Waals surface area contributed by atoms with Crippen LogP contribution >= 0.6 is 11.8 Å². The molecular formula is C9H10F3NS. The van der Waals surface area contributed by atoms with Crippen molar-refractivity contribution in [3.05, 3.63) is 23.8 Å². The van der Waals surface area contributed by atoms with E-state index in [-0.39, 0.29) is 10.6 Å². The number of alkyl halides is 3. The first-order valence-corrected chi connectivity index (χ1v) is 5.04. The predicted molar refractivity (Wildman–Crippen MR) is 52.3 cm³/mol. The number of hydrogen-bond donors (Lipinski definition) is 1. The van der Waals surface area contributed by atoms with Crippen LogP contribution in [-0.4, -0.2) is 5.75 Å². The summed E-state index contributed by atoms with van der Waals surface area (Å²) in [6.45, 7) is 1.80. The van der Waals surface area contributed by atoms with Crippen molar-refractivity contribution in [2.45, 2.75) is 18.0 Å². The van der Waals surface area contributed by atoms with Gasteiger partial charge in [-0.3, -0.25) is 0 Å². The largest absolute Gasteiger partial charge is 0.419 e. The van der Waals surface area contributed by atoms with Crippen LogP contribution in [0.2, 0.25) is 0 Å². The topological polar surface area (TPSA) is 26.0 Å². The van der Waals surface area contributed by atoms with E-state index in [4.69, 9.17) is 5.73 Å². The van der Waals surface area contributed by atoms with E-state index < -0.39 is 11.7 Å². The lowest BCUT2D eigenvalue weighted by atomic mass is 10.2. The molecule has 14 heavy (non-hydrogen) atoms. The molecular weight excluding hydrogens is 211 g/mol. The molecule has 2 N–H and O–H groups in total. The van der Waals surface area contributed by atoms with E-state index in [9.17, 15) is 13.2 Å². The van der Waals surface area contributed by atoms with Crippen LogP contribution < -0.4 is 5.73 Å². The van der Waals surface area contributed by atoms with Gasteiger partial charge < -0.3 is 5.73 Å². The maximum Gasteiger partial charge on any atom is 0.419 e. The quantitative estimate of drug-likeness (QED) is 0.611. The fraction of sp³-hybridized carbons (Fsp3) is 0.333. The number of hydrogen-bond acceptors (Lipinski definition) is 2. The molecule has 0 saturated heterocycles. The second-order valence-corrected chi connectivity index (χ2v) is 3.96. The molecule has 1 aromatic carbocycles. The summed E-state index contributed by atoms with van der Waals surface area (Å²) < 4.78 is 37.6. The van der Waals surface area contributed by atoms with Gasteiger partial charge in [0.1, 0.15) is 0 Å². The summed E-state index contributed by atoms with van der Waals surface area (Å²) in [4.78, 5) is 0.194. The first kappa shape index (κ1) is 11.2.